The number of halogens is 2. The van der Waals surface area contributed by atoms with Crippen LogP contribution in [0.4, 0.5) is 10.1 Å². The minimum atomic E-state index is -0.332. The standard InChI is InChI=1S/C16H15BrFNO/c17-12-6-8-16(14(18)9-12)20-13-7-5-11-3-1-2-4-15(11)19-10-13/h1-4,6,8-9,13,19H,5,7,10H2. The molecule has 0 saturated carbocycles. The molecule has 0 fully saturated rings. The van der Waals surface area contributed by atoms with Crippen LogP contribution in [-0.4, -0.2) is 12.6 Å². The Morgan fingerprint density at radius 2 is 2.05 bits per heavy atom. The fourth-order valence-electron chi connectivity index (χ4n) is 2.40. The van der Waals surface area contributed by atoms with Gasteiger partial charge in [0, 0.05) is 10.2 Å². The summed E-state index contributed by atoms with van der Waals surface area (Å²) in [4.78, 5) is 0. The number of hydrogen-bond donors (Lipinski definition) is 1. The predicted octanol–water partition coefficient (Wildman–Crippen LogP) is 4.39. The van der Waals surface area contributed by atoms with Gasteiger partial charge < -0.3 is 10.1 Å². The lowest BCUT2D eigenvalue weighted by molar-refractivity contribution is 0.197. The number of para-hydroxylation sites is 1. The van der Waals surface area contributed by atoms with Crippen LogP contribution in [0, 0.1) is 5.82 Å². The van der Waals surface area contributed by atoms with Gasteiger partial charge in [-0.05, 0) is 42.7 Å². The molecule has 0 aromatic heterocycles. The van der Waals surface area contributed by atoms with E-state index in [0.29, 0.717) is 16.8 Å². The molecular weight excluding hydrogens is 321 g/mol. The highest BCUT2D eigenvalue weighted by molar-refractivity contribution is 9.10. The summed E-state index contributed by atoms with van der Waals surface area (Å²) in [6, 6.07) is 13.1. The molecule has 0 amide bonds. The molecule has 2 nitrogen and oxygen atoms in total. The van der Waals surface area contributed by atoms with E-state index in [4.69, 9.17) is 4.74 Å². The highest BCUT2D eigenvalue weighted by Gasteiger charge is 2.18. The lowest BCUT2D eigenvalue weighted by Crippen LogP contribution is -2.25. The fraction of sp³-hybridized carbons (Fsp3) is 0.250. The second-order valence-corrected chi connectivity index (χ2v) is 5.81. The van der Waals surface area contributed by atoms with Crippen LogP contribution in [0.5, 0.6) is 5.75 Å². The average Bonchev–Trinajstić information content (AvgIpc) is 2.65. The second kappa shape index (κ2) is 5.83. The first kappa shape index (κ1) is 13.4. The maximum absolute atomic E-state index is 13.8. The number of anilines is 1. The first-order valence-corrected chi connectivity index (χ1v) is 7.45. The van der Waals surface area contributed by atoms with E-state index >= 15 is 0 Å². The molecule has 104 valence electrons. The van der Waals surface area contributed by atoms with Crippen LogP contribution >= 0.6 is 15.9 Å². The Bertz CT molecular complexity index is 590. The van der Waals surface area contributed by atoms with Gasteiger partial charge in [-0.3, -0.25) is 0 Å². The lowest BCUT2D eigenvalue weighted by Gasteiger charge is -2.17. The van der Waals surface area contributed by atoms with E-state index in [1.54, 1.807) is 12.1 Å². The Kier molecular flexibility index (Phi) is 3.92. The van der Waals surface area contributed by atoms with Crippen molar-refractivity contribution in [2.24, 2.45) is 0 Å². The number of aryl methyl sites for hydroxylation is 1. The van der Waals surface area contributed by atoms with Gasteiger partial charge in [0.25, 0.3) is 0 Å². The number of benzene rings is 2. The van der Waals surface area contributed by atoms with Gasteiger partial charge in [0.2, 0.25) is 0 Å². The Hall–Kier alpha value is -1.55. The molecule has 0 bridgehead atoms. The Balaban J connectivity index is 1.71. The van der Waals surface area contributed by atoms with Gasteiger partial charge in [-0.1, -0.05) is 34.1 Å². The van der Waals surface area contributed by atoms with Crippen molar-refractivity contribution in [3.05, 3.63) is 58.3 Å². The molecule has 1 aliphatic rings. The number of nitrogens with one attached hydrogen (secondary N) is 1. The van der Waals surface area contributed by atoms with Gasteiger partial charge >= 0.3 is 0 Å². The van der Waals surface area contributed by atoms with E-state index in [1.807, 2.05) is 12.1 Å². The molecule has 1 unspecified atom stereocenters. The van der Waals surface area contributed by atoms with Crippen LogP contribution < -0.4 is 10.1 Å². The van der Waals surface area contributed by atoms with Crippen LogP contribution in [-0.2, 0) is 6.42 Å². The molecule has 2 aromatic carbocycles. The molecular formula is C16H15BrFNO. The summed E-state index contributed by atoms with van der Waals surface area (Å²) in [6.07, 6.45) is 1.78. The highest BCUT2D eigenvalue weighted by Crippen LogP contribution is 2.26. The molecule has 0 spiro atoms. The molecule has 1 atom stereocenters. The molecule has 3 rings (SSSR count). The SMILES string of the molecule is Fc1cc(Br)ccc1OC1CCc2ccccc2NC1. The maximum atomic E-state index is 13.8. The Morgan fingerprint density at radius 3 is 2.90 bits per heavy atom. The second-order valence-electron chi connectivity index (χ2n) is 4.89. The molecule has 1 heterocycles. The number of rotatable bonds is 2. The molecule has 1 aliphatic heterocycles. The smallest absolute Gasteiger partial charge is 0.166 e. The third kappa shape index (κ3) is 2.96. The van der Waals surface area contributed by atoms with Crippen molar-refractivity contribution in [3.63, 3.8) is 0 Å². The van der Waals surface area contributed by atoms with Crippen molar-refractivity contribution in [2.75, 3.05) is 11.9 Å². The predicted molar refractivity (Wildman–Crippen MR) is 81.8 cm³/mol. The van der Waals surface area contributed by atoms with Gasteiger partial charge in [0.1, 0.15) is 6.10 Å². The zero-order valence-electron chi connectivity index (χ0n) is 10.9. The van der Waals surface area contributed by atoms with Crippen molar-refractivity contribution in [1.82, 2.24) is 0 Å². The summed E-state index contributed by atoms with van der Waals surface area (Å²) in [5.74, 6) is -0.0212. The number of hydrogen-bond acceptors (Lipinski definition) is 2. The summed E-state index contributed by atoms with van der Waals surface area (Å²) >= 11 is 3.25. The monoisotopic (exact) mass is 335 g/mol. The minimum Gasteiger partial charge on any atom is -0.486 e. The van der Waals surface area contributed by atoms with E-state index in [9.17, 15) is 4.39 Å². The van der Waals surface area contributed by atoms with E-state index in [0.717, 1.165) is 18.5 Å². The summed E-state index contributed by atoms with van der Waals surface area (Å²) in [7, 11) is 0. The van der Waals surface area contributed by atoms with Crippen LogP contribution in [0.15, 0.2) is 46.9 Å². The molecule has 1 N–H and O–H groups in total. The molecule has 0 radical (unpaired) electrons. The van der Waals surface area contributed by atoms with Crippen molar-refractivity contribution >= 4 is 21.6 Å². The molecule has 20 heavy (non-hydrogen) atoms. The largest absolute Gasteiger partial charge is 0.486 e. The third-order valence-electron chi connectivity index (χ3n) is 3.46. The highest BCUT2D eigenvalue weighted by atomic mass is 79.9. The van der Waals surface area contributed by atoms with E-state index < -0.39 is 0 Å². The topological polar surface area (TPSA) is 21.3 Å². The first-order chi connectivity index (χ1) is 9.72. The first-order valence-electron chi connectivity index (χ1n) is 6.66. The Labute approximate surface area is 126 Å². The van der Waals surface area contributed by atoms with Crippen LogP contribution in [0.2, 0.25) is 0 Å². The zero-order valence-corrected chi connectivity index (χ0v) is 12.5. The van der Waals surface area contributed by atoms with Crippen LogP contribution in [0.3, 0.4) is 0 Å². The normalized spacial score (nSPS) is 17.8. The lowest BCUT2D eigenvalue weighted by atomic mass is 10.1. The molecule has 0 saturated heterocycles. The van der Waals surface area contributed by atoms with Gasteiger partial charge in [-0.25, -0.2) is 4.39 Å². The van der Waals surface area contributed by atoms with Crippen molar-refractivity contribution in [3.8, 4) is 5.75 Å². The summed E-state index contributed by atoms with van der Waals surface area (Å²) in [6.45, 7) is 0.687. The summed E-state index contributed by atoms with van der Waals surface area (Å²) in [5.41, 5.74) is 2.43. The zero-order chi connectivity index (χ0) is 13.9. The van der Waals surface area contributed by atoms with Gasteiger partial charge in [-0.15, -0.1) is 0 Å². The quantitative estimate of drug-likeness (QED) is 0.878. The van der Waals surface area contributed by atoms with E-state index in [2.05, 4.69) is 33.4 Å². The molecule has 2 aromatic rings. The molecule has 4 heteroatoms. The minimum absolute atomic E-state index is 0.0296. The third-order valence-corrected chi connectivity index (χ3v) is 3.95. The summed E-state index contributed by atoms with van der Waals surface area (Å²) in [5, 5.41) is 3.37. The fourth-order valence-corrected chi connectivity index (χ4v) is 2.74. The van der Waals surface area contributed by atoms with Crippen molar-refractivity contribution < 1.29 is 9.13 Å². The number of fused-ring (bicyclic) bond motifs is 1. The van der Waals surface area contributed by atoms with Gasteiger partial charge in [-0.2, -0.15) is 0 Å². The Morgan fingerprint density at radius 1 is 1.20 bits per heavy atom. The van der Waals surface area contributed by atoms with Crippen molar-refractivity contribution in [2.45, 2.75) is 18.9 Å². The van der Waals surface area contributed by atoms with Gasteiger partial charge in [0.05, 0.1) is 6.54 Å². The number of ether oxygens (including phenoxy) is 1. The van der Waals surface area contributed by atoms with Crippen LogP contribution in [0.1, 0.15) is 12.0 Å². The molecule has 0 aliphatic carbocycles. The van der Waals surface area contributed by atoms with Gasteiger partial charge in [0.15, 0.2) is 11.6 Å². The van der Waals surface area contributed by atoms with E-state index in [-0.39, 0.29) is 11.9 Å². The van der Waals surface area contributed by atoms with Crippen LogP contribution in [0.25, 0.3) is 0 Å². The van der Waals surface area contributed by atoms with Crippen molar-refractivity contribution in [1.29, 1.82) is 0 Å². The van der Waals surface area contributed by atoms with E-state index in [1.165, 1.54) is 11.6 Å². The summed E-state index contributed by atoms with van der Waals surface area (Å²) < 4.78 is 20.3. The maximum Gasteiger partial charge on any atom is 0.166 e. The average molecular weight is 336 g/mol.